The molecule has 3 fully saturated rings. The van der Waals surface area contributed by atoms with Gasteiger partial charge in [-0.3, -0.25) is 48.1 Å². The standard InChI is InChI=1S/C51H81N13O11/c1-28(2)26-35(50(74)75)59-44(68)37-18-13-25-64(37)49(73)41(30(5)6)61-42(66)33(20-21-39(53)65)57-43(67)36-17-12-24-63(36)48(72)34(16-10-22-56-51(54)55)58-46(70)40(29(3)4)60-45(69)38-19-11-23-62(38)47(71)32(52)27-31-14-8-7-9-15-31/h7-9,14-15,28-30,32-38,40-41H,10-13,16-27,52H2,1-6H3,(H2,53,65)(H,57,67)(H,58,70)(H,59,68)(H,60,69)(H,61,66)(H,74,75)(H4,54,55,56)/t32-,33-,34-,35-,36-,37-,38-,40-,41-/m0/s1. The third-order valence-corrected chi connectivity index (χ3v) is 13.8. The summed E-state index contributed by atoms with van der Waals surface area (Å²) in [6.45, 7) is 11.1. The molecule has 0 spiro atoms. The Hall–Kier alpha value is -6.85. The van der Waals surface area contributed by atoms with Crippen LogP contribution in [0.2, 0.25) is 0 Å². The first-order valence-electron chi connectivity index (χ1n) is 26.2. The summed E-state index contributed by atoms with van der Waals surface area (Å²) >= 11 is 0. The molecule has 0 bridgehead atoms. The maximum atomic E-state index is 14.6. The van der Waals surface area contributed by atoms with Crippen LogP contribution in [0.15, 0.2) is 35.3 Å². The van der Waals surface area contributed by atoms with Gasteiger partial charge in [-0.25, -0.2) is 4.79 Å². The molecule has 14 N–H and O–H groups in total. The fourth-order valence-electron chi connectivity index (χ4n) is 9.81. The number of carbonyl (C=O) groups excluding carboxylic acids is 9. The van der Waals surface area contributed by atoms with Gasteiger partial charge in [-0.05, 0) is 93.9 Å². The van der Waals surface area contributed by atoms with Gasteiger partial charge in [-0.15, -0.1) is 0 Å². The van der Waals surface area contributed by atoms with Crippen molar-refractivity contribution in [1.82, 2.24) is 41.3 Å². The summed E-state index contributed by atoms with van der Waals surface area (Å²) < 4.78 is 0. The molecule has 24 heteroatoms. The normalized spacial score (nSPS) is 19.9. The van der Waals surface area contributed by atoms with Gasteiger partial charge in [0.25, 0.3) is 0 Å². The van der Waals surface area contributed by atoms with E-state index in [0.717, 1.165) is 5.56 Å². The van der Waals surface area contributed by atoms with Crippen LogP contribution >= 0.6 is 0 Å². The molecular weight excluding hydrogens is 971 g/mol. The zero-order valence-electron chi connectivity index (χ0n) is 44.3. The molecule has 416 valence electrons. The van der Waals surface area contributed by atoms with Crippen LogP contribution < -0.4 is 49.5 Å². The van der Waals surface area contributed by atoms with Crippen LogP contribution in [-0.2, 0) is 54.4 Å². The van der Waals surface area contributed by atoms with Crippen molar-refractivity contribution in [2.75, 3.05) is 26.2 Å². The van der Waals surface area contributed by atoms with Crippen LogP contribution in [0.5, 0.6) is 0 Å². The Morgan fingerprint density at radius 3 is 1.61 bits per heavy atom. The van der Waals surface area contributed by atoms with Crippen LogP contribution in [0, 0.1) is 17.8 Å². The number of likely N-dealkylation sites (tertiary alicyclic amines) is 3. The molecule has 3 saturated heterocycles. The number of aliphatic carboxylic acids is 1. The van der Waals surface area contributed by atoms with E-state index in [0.29, 0.717) is 32.2 Å². The van der Waals surface area contributed by atoms with Gasteiger partial charge in [0.15, 0.2) is 5.96 Å². The molecule has 0 radical (unpaired) electrons. The highest BCUT2D eigenvalue weighted by Gasteiger charge is 2.44. The van der Waals surface area contributed by atoms with Crippen molar-refractivity contribution < 1.29 is 53.1 Å². The zero-order chi connectivity index (χ0) is 55.7. The van der Waals surface area contributed by atoms with E-state index in [1.807, 2.05) is 44.2 Å². The minimum atomic E-state index is -1.42. The molecular formula is C51H81N13O11. The lowest BCUT2D eigenvalue weighted by molar-refractivity contribution is -0.146. The van der Waals surface area contributed by atoms with Crippen molar-refractivity contribution in [1.29, 1.82) is 0 Å². The molecule has 3 aliphatic heterocycles. The minimum Gasteiger partial charge on any atom is -0.480 e. The largest absolute Gasteiger partial charge is 0.480 e. The predicted molar refractivity (Wildman–Crippen MR) is 277 cm³/mol. The highest BCUT2D eigenvalue weighted by atomic mass is 16.4. The number of guanidine groups is 1. The van der Waals surface area contributed by atoms with Gasteiger partial charge in [-0.2, -0.15) is 0 Å². The number of rotatable bonds is 27. The number of hydrogen-bond acceptors (Lipinski definition) is 12. The Morgan fingerprint density at radius 1 is 0.613 bits per heavy atom. The molecule has 3 aliphatic rings. The molecule has 0 saturated carbocycles. The lowest BCUT2D eigenvalue weighted by atomic mass is 10.00. The van der Waals surface area contributed by atoms with E-state index in [1.54, 1.807) is 27.7 Å². The SMILES string of the molecule is CC(C)C[C@H](NC(=O)[C@@H]1CCCN1C(=O)[C@@H](NC(=O)[C@H](CCC(N)=O)NC(=O)[C@@H]1CCCN1C(=O)[C@H](CCCN=C(N)N)NC(=O)[C@@H](NC(=O)[C@@H]1CCCN1C(=O)[C@@H](N)Cc1ccccc1)C(C)C)C(C)C)C(=O)O. The van der Waals surface area contributed by atoms with Crippen molar-refractivity contribution in [2.24, 2.45) is 45.7 Å². The fraction of sp³-hybridized carbons (Fsp3) is 0.667. The zero-order valence-corrected chi connectivity index (χ0v) is 44.3. The topological polar surface area (TPSA) is 377 Å². The Labute approximate surface area is 439 Å². The Balaban J connectivity index is 1.50. The number of primary amides is 1. The number of carbonyl (C=O) groups is 10. The number of nitrogens with two attached hydrogens (primary N) is 4. The molecule has 3 heterocycles. The first-order chi connectivity index (χ1) is 35.4. The molecule has 1 aromatic carbocycles. The maximum absolute atomic E-state index is 14.6. The molecule has 1 aromatic rings. The smallest absolute Gasteiger partial charge is 0.326 e. The molecule has 0 aromatic heterocycles. The first-order valence-corrected chi connectivity index (χ1v) is 26.2. The number of nitrogens with one attached hydrogen (secondary N) is 5. The van der Waals surface area contributed by atoms with Gasteiger partial charge in [0.05, 0.1) is 6.04 Å². The van der Waals surface area contributed by atoms with Gasteiger partial charge < -0.3 is 69.3 Å². The molecule has 9 atom stereocenters. The van der Waals surface area contributed by atoms with E-state index in [-0.39, 0.29) is 82.9 Å². The Kier molecular flexibility index (Phi) is 23.2. The van der Waals surface area contributed by atoms with Gasteiger partial charge in [-0.1, -0.05) is 71.9 Å². The van der Waals surface area contributed by atoms with E-state index in [2.05, 4.69) is 31.6 Å². The van der Waals surface area contributed by atoms with Crippen molar-refractivity contribution in [3.63, 3.8) is 0 Å². The molecule has 0 aliphatic carbocycles. The second kappa shape index (κ2) is 28.7. The highest BCUT2D eigenvalue weighted by Crippen LogP contribution is 2.24. The third-order valence-electron chi connectivity index (χ3n) is 13.8. The van der Waals surface area contributed by atoms with Crippen LogP contribution in [0.1, 0.15) is 118 Å². The monoisotopic (exact) mass is 1050 g/mol. The number of hydrogen-bond donors (Lipinski definition) is 10. The average Bonchev–Trinajstić information content (AvgIpc) is 4.16. The first kappa shape index (κ1) is 60.7. The number of aliphatic imine (C=N–C) groups is 1. The number of carboxylic acids is 1. The summed E-state index contributed by atoms with van der Waals surface area (Å²) in [4.78, 5) is 144. The Morgan fingerprint density at radius 2 is 1.12 bits per heavy atom. The summed E-state index contributed by atoms with van der Waals surface area (Å²) in [6, 6.07) is -0.846. The minimum absolute atomic E-state index is 0.0149. The van der Waals surface area contributed by atoms with E-state index < -0.39 is 125 Å². The summed E-state index contributed by atoms with van der Waals surface area (Å²) in [5.41, 5.74) is 23.8. The number of carboxylic acid groups (broad SMARTS) is 1. The third kappa shape index (κ3) is 17.6. The van der Waals surface area contributed by atoms with Gasteiger partial charge in [0, 0.05) is 32.6 Å². The van der Waals surface area contributed by atoms with Crippen molar-refractivity contribution in [3.8, 4) is 0 Å². The average molecular weight is 1050 g/mol. The van der Waals surface area contributed by atoms with Crippen LogP contribution in [-0.4, -0.2) is 165 Å². The van der Waals surface area contributed by atoms with Crippen molar-refractivity contribution in [3.05, 3.63) is 35.9 Å². The van der Waals surface area contributed by atoms with E-state index in [4.69, 9.17) is 22.9 Å². The van der Waals surface area contributed by atoms with E-state index >= 15 is 0 Å². The summed E-state index contributed by atoms with van der Waals surface area (Å²) in [5.74, 6) is -8.30. The lowest BCUT2D eigenvalue weighted by Gasteiger charge is -2.33. The number of benzene rings is 1. The number of amides is 9. The fourth-order valence-corrected chi connectivity index (χ4v) is 9.81. The van der Waals surface area contributed by atoms with E-state index in [1.165, 1.54) is 14.7 Å². The number of nitrogens with zero attached hydrogens (tertiary/aromatic N) is 4. The molecule has 0 unspecified atom stereocenters. The summed E-state index contributed by atoms with van der Waals surface area (Å²) in [5, 5.41) is 23.3. The molecule has 4 rings (SSSR count). The van der Waals surface area contributed by atoms with Gasteiger partial charge in [0.2, 0.25) is 53.2 Å². The molecule has 9 amide bonds. The summed E-state index contributed by atoms with van der Waals surface area (Å²) in [7, 11) is 0. The van der Waals surface area contributed by atoms with Gasteiger partial charge >= 0.3 is 5.97 Å². The quantitative estimate of drug-likeness (QED) is 0.0279. The van der Waals surface area contributed by atoms with Crippen molar-refractivity contribution >= 4 is 65.1 Å². The highest BCUT2D eigenvalue weighted by molar-refractivity contribution is 5.99. The maximum Gasteiger partial charge on any atom is 0.326 e. The van der Waals surface area contributed by atoms with E-state index in [9.17, 15) is 53.1 Å². The van der Waals surface area contributed by atoms with Crippen LogP contribution in [0.4, 0.5) is 0 Å². The molecule has 24 nitrogen and oxygen atoms in total. The summed E-state index contributed by atoms with van der Waals surface area (Å²) in [6.07, 6.45) is 2.21. The van der Waals surface area contributed by atoms with Crippen LogP contribution in [0.25, 0.3) is 0 Å². The second-order valence-electron chi connectivity index (χ2n) is 20.9. The van der Waals surface area contributed by atoms with Crippen LogP contribution in [0.3, 0.4) is 0 Å². The van der Waals surface area contributed by atoms with Gasteiger partial charge in [0.1, 0.15) is 48.3 Å². The Bertz CT molecular complexity index is 2220. The van der Waals surface area contributed by atoms with Crippen molar-refractivity contribution in [2.45, 2.75) is 173 Å². The molecule has 75 heavy (non-hydrogen) atoms. The second-order valence-corrected chi connectivity index (χ2v) is 20.9. The lowest BCUT2D eigenvalue weighted by Crippen LogP contribution is -2.61. The predicted octanol–water partition coefficient (Wildman–Crippen LogP) is -1.28.